The fraction of sp³-hybridized carbons (Fsp3) is 0.618. The molecule has 1 aromatic carbocycles. The molecule has 2 aliphatic rings. The number of para-hydroxylation sites is 1. The Morgan fingerprint density at radius 1 is 0.978 bits per heavy atom. The van der Waals surface area contributed by atoms with Gasteiger partial charge < -0.3 is 25.7 Å². The van der Waals surface area contributed by atoms with Crippen molar-refractivity contribution >= 4 is 51.9 Å². The van der Waals surface area contributed by atoms with Gasteiger partial charge in [0.05, 0.1) is 5.52 Å². The minimum atomic E-state index is -1.10. The van der Waals surface area contributed by atoms with Gasteiger partial charge in [0, 0.05) is 36.8 Å². The molecule has 3 heterocycles. The molecule has 4 rings (SSSR count). The summed E-state index contributed by atoms with van der Waals surface area (Å²) < 4.78 is 1.47. The first-order chi connectivity index (χ1) is 22.1. The largest absolute Gasteiger partial charge is 0.416 e. The molecule has 0 aliphatic carbocycles. The number of aromatic nitrogens is 1. The maximum Gasteiger partial charge on any atom is 0.246 e. The van der Waals surface area contributed by atoms with Gasteiger partial charge in [-0.25, -0.2) is 0 Å². The monoisotopic (exact) mass is 657 g/mol. The molecular formula is C34H48ClN5O6. The van der Waals surface area contributed by atoms with Crippen molar-refractivity contribution in [1.29, 1.82) is 0 Å². The lowest BCUT2D eigenvalue weighted by Crippen LogP contribution is -2.64. The number of hydrogen-bond donors (Lipinski definition) is 3. The highest BCUT2D eigenvalue weighted by atomic mass is 35.5. The number of nitrogens with zero attached hydrogens (tertiary/aromatic N) is 2. The maximum absolute atomic E-state index is 14.1. The molecule has 0 bridgehead atoms. The summed E-state index contributed by atoms with van der Waals surface area (Å²) in [6.45, 7) is 6.08. The predicted molar refractivity (Wildman–Crippen MR) is 176 cm³/mol. The SMILES string of the molecule is CCC(=O)CCCCC[C@@H]1NC(=O)[C@H]2CCCCN2C(=O)[C@H](C(C)CC)NC(=O)C(Cc2c(Cl)n(OC)c3ccccc23)NC1=O. The zero-order valence-corrected chi connectivity index (χ0v) is 28.2. The first-order valence-electron chi connectivity index (χ1n) is 16.7. The molecule has 2 unspecified atom stereocenters. The van der Waals surface area contributed by atoms with E-state index in [9.17, 15) is 24.0 Å². The number of hydrogen-bond acceptors (Lipinski definition) is 6. The number of carbonyl (C=O) groups excluding carboxylic acids is 5. The maximum atomic E-state index is 14.1. The first kappa shape index (κ1) is 35.3. The summed E-state index contributed by atoms with van der Waals surface area (Å²) in [6.07, 6.45) is 5.98. The van der Waals surface area contributed by atoms with E-state index < -0.39 is 36.0 Å². The molecule has 11 nitrogen and oxygen atoms in total. The zero-order chi connectivity index (χ0) is 33.4. The van der Waals surface area contributed by atoms with Gasteiger partial charge in [-0.1, -0.05) is 69.8 Å². The van der Waals surface area contributed by atoms with E-state index in [0.29, 0.717) is 69.0 Å². The standard InChI is InChI=1S/C34H48ClN5O6/c1-5-21(3)29-34(45)39-19-13-12-18-28(39)33(44)36-25(16-9-7-8-14-22(41)6-2)31(42)37-26(32(43)38-29)20-24-23-15-10-11-17-27(23)40(46-4)30(24)35/h10-11,15,17,21,25-26,28-29H,5-9,12-14,16,18-20H2,1-4H3,(H,36,44)(H,37,42)(H,38,43)/t21?,25-,26?,28+,29-/m0/s1. The van der Waals surface area contributed by atoms with Crippen molar-refractivity contribution in [2.24, 2.45) is 5.92 Å². The Morgan fingerprint density at radius 3 is 2.41 bits per heavy atom. The molecule has 4 amide bonds. The van der Waals surface area contributed by atoms with Crippen LogP contribution in [0.5, 0.6) is 0 Å². The Morgan fingerprint density at radius 2 is 1.70 bits per heavy atom. The van der Waals surface area contributed by atoms with Crippen LogP contribution in [0.15, 0.2) is 24.3 Å². The average Bonchev–Trinajstić information content (AvgIpc) is 3.34. The first-order valence-corrected chi connectivity index (χ1v) is 17.0. The third-order valence-electron chi connectivity index (χ3n) is 9.44. The highest BCUT2D eigenvalue weighted by Gasteiger charge is 2.41. The van der Waals surface area contributed by atoms with Crippen molar-refractivity contribution in [1.82, 2.24) is 25.6 Å². The van der Waals surface area contributed by atoms with Gasteiger partial charge in [0.2, 0.25) is 23.6 Å². The number of fused-ring (bicyclic) bond motifs is 2. The number of unbranched alkanes of at least 4 members (excludes halogenated alkanes) is 2. The quantitative estimate of drug-likeness (QED) is 0.298. The Balaban J connectivity index is 1.69. The van der Waals surface area contributed by atoms with E-state index >= 15 is 0 Å². The third kappa shape index (κ3) is 8.03. The van der Waals surface area contributed by atoms with Gasteiger partial charge in [0.1, 0.15) is 42.2 Å². The van der Waals surface area contributed by atoms with Gasteiger partial charge in [-0.05, 0) is 44.1 Å². The summed E-state index contributed by atoms with van der Waals surface area (Å²) in [4.78, 5) is 74.7. The molecule has 0 saturated carbocycles. The van der Waals surface area contributed by atoms with E-state index in [0.717, 1.165) is 18.2 Å². The molecule has 5 atom stereocenters. The summed E-state index contributed by atoms with van der Waals surface area (Å²) in [7, 11) is 1.49. The van der Waals surface area contributed by atoms with Crippen LogP contribution in [0.25, 0.3) is 10.9 Å². The number of piperidine rings is 1. The highest BCUT2D eigenvalue weighted by Crippen LogP contribution is 2.31. The molecule has 0 spiro atoms. The van der Waals surface area contributed by atoms with Crippen LogP contribution in [0.3, 0.4) is 0 Å². The normalized spacial score (nSPS) is 23.5. The van der Waals surface area contributed by atoms with Crippen molar-refractivity contribution in [2.75, 3.05) is 13.7 Å². The van der Waals surface area contributed by atoms with Crippen LogP contribution < -0.4 is 20.8 Å². The second kappa shape index (κ2) is 16.3. The number of amides is 4. The Labute approximate surface area is 276 Å². The van der Waals surface area contributed by atoms with Crippen molar-refractivity contribution in [3.63, 3.8) is 0 Å². The van der Waals surface area contributed by atoms with Crippen LogP contribution in [0.1, 0.15) is 90.5 Å². The van der Waals surface area contributed by atoms with E-state index in [4.69, 9.17) is 16.4 Å². The van der Waals surface area contributed by atoms with Gasteiger partial charge in [0.25, 0.3) is 0 Å². The highest BCUT2D eigenvalue weighted by molar-refractivity contribution is 6.32. The van der Waals surface area contributed by atoms with E-state index in [2.05, 4.69) is 16.0 Å². The van der Waals surface area contributed by atoms with E-state index in [1.165, 1.54) is 11.8 Å². The van der Waals surface area contributed by atoms with Gasteiger partial charge in [-0.3, -0.25) is 24.0 Å². The lowest BCUT2D eigenvalue weighted by atomic mass is 9.93. The van der Waals surface area contributed by atoms with Crippen LogP contribution in [0, 0.1) is 5.92 Å². The smallest absolute Gasteiger partial charge is 0.246 e. The van der Waals surface area contributed by atoms with Crippen molar-refractivity contribution in [3.8, 4) is 0 Å². The fourth-order valence-corrected chi connectivity index (χ4v) is 6.79. The number of rotatable bonds is 12. The molecular weight excluding hydrogens is 610 g/mol. The minimum Gasteiger partial charge on any atom is -0.416 e. The summed E-state index contributed by atoms with van der Waals surface area (Å²) in [5, 5.41) is 9.83. The molecule has 1 aromatic heterocycles. The predicted octanol–water partition coefficient (Wildman–Crippen LogP) is 3.72. The number of Topliss-reactive ketones (excluding diaryl/α,β-unsaturated/α-hetero) is 1. The van der Waals surface area contributed by atoms with Crippen LogP contribution in [0.4, 0.5) is 0 Å². The molecule has 3 N–H and O–H groups in total. The molecule has 2 aliphatic heterocycles. The average molecular weight is 658 g/mol. The van der Waals surface area contributed by atoms with Gasteiger partial charge in [-0.2, -0.15) is 4.73 Å². The van der Waals surface area contributed by atoms with Crippen LogP contribution in [-0.4, -0.2) is 76.9 Å². The van der Waals surface area contributed by atoms with Gasteiger partial charge in [-0.15, -0.1) is 0 Å². The molecule has 2 aromatic rings. The third-order valence-corrected chi connectivity index (χ3v) is 9.82. The van der Waals surface area contributed by atoms with Gasteiger partial charge in [0.15, 0.2) is 0 Å². The topological polar surface area (TPSA) is 139 Å². The molecule has 2 fully saturated rings. The van der Waals surface area contributed by atoms with Crippen LogP contribution in [0.2, 0.25) is 5.15 Å². The summed E-state index contributed by atoms with van der Waals surface area (Å²) in [6, 6.07) is 3.80. The Bertz CT molecular complexity index is 1430. The summed E-state index contributed by atoms with van der Waals surface area (Å²) in [5.74, 6) is -1.68. The second-order valence-electron chi connectivity index (χ2n) is 12.5. The molecule has 0 radical (unpaired) electrons. The number of ketones is 1. The van der Waals surface area contributed by atoms with Crippen molar-refractivity contribution < 1.29 is 28.8 Å². The Hall–Kier alpha value is -3.60. The fourth-order valence-electron chi connectivity index (χ4n) is 6.45. The minimum absolute atomic E-state index is 0.0286. The van der Waals surface area contributed by atoms with E-state index in [1.807, 2.05) is 45.0 Å². The number of halogens is 1. The molecule has 2 saturated heterocycles. The molecule has 12 heteroatoms. The summed E-state index contributed by atoms with van der Waals surface area (Å²) in [5.41, 5.74) is 1.32. The van der Waals surface area contributed by atoms with E-state index in [-0.39, 0.29) is 35.1 Å². The van der Waals surface area contributed by atoms with Crippen molar-refractivity contribution in [2.45, 2.75) is 116 Å². The van der Waals surface area contributed by atoms with Gasteiger partial charge >= 0.3 is 0 Å². The van der Waals surface area contributed by atoms with Crippen LogP contribution in [-0.2, 0) is 30.4 Å². The number of benzene rings is 1. The summed E-state index contributed by atoms with van der Waals surface area (Å²) >= 11 is 6.77. The Kier molecular flexibility index (Phi) is 12.5. The number of carbonyl (C=O) groups is 5. The zero-order valence-electron chi connectivity index (χ0n) is 27.4. The molecule has 46 heavy (non-hydrogen) atoms. The van der Waals surface area contributed by atoms with E-state index in [1.54, 1.807) is 4.90 Å². The lowest BCUT2D eigenvalue weighted by molar-refractivity contribution is -0.147. The number of nitrogens with one attached hydrogen (secondary N) is 3. The van der Waals surface area contributed by atoms with Crippen LogP contribution >= 0.6 is 11.6 Å². The second-order valence-corrected chi connectivity index (χ2v) is 12.9. The molecule has 252 valence electrons. The lowest BCUT2D eigenvalue weighted by Gasteiger charge is -2.39. The van der Waals surface area contributed by atoms with Crippen molar-refractivity contribution in [3.05, 3.63) is 35.0 Å².